The summed E-state index contributed by atoms with van der Waals surface area (Å²) in [5.74, 6) is 0.727. The van der Waals surface area contributed by atoms with Crippen LogP contribution in [0.1, 0.15) is 38.8 Å². The average Bonchev–Trinajstić information content (AvgIpc) is 2.27. The smallest absolute Gasteiger partial charge is 0.132 e. The molecule has 4 nitrogen and oxygen atoms in total. The molecule has 1 N–H and O–H groups in total. The van der Waals surface area contributed by atoms with Crippen LogP contribution < -0.4 is 9.46 Å². The molecule has 1 aliphatic heterocycles. The molecule has 100 valence electrons. The van der Waals surface area contributed by atoms with Gasteiger partial charge in [-0.1, -0.05) is 11.6 Å². The minimum atomic E-state index is -1.11. The molecule has 0 radical (unpaired) electrons. The van der Waals surface area contributed by atoms with E-state index < -0.39 is 11.0 Å². The van der Waals surface area contributed by atoms with Crippen LogP contribution in [-0.2, 0) is 11.0 Å². The van der Waals surface area contributed by atoms with Gasteiger partial charge < -0.3 is 4.74 Å². The van der Waals surface area contributed by atoms with E-state index in [4.69, 9.17) is 16.3 Å². The summed E-state index contributed by atoms with van der Waals surface area (Å²) in [4.78, 5) is 4.06. The summed E-state index contributed by atoms with van der Waals surface area (Å²) in [6.07, 6.45) is 2.46. The van der Waals surface area contributed by atoms with Gasteiger partial charge in [0, 0.05) is 24.2 Å². The molecule has 0 aliphatic carbocycles. The predicted molar refractivity (Wildman–Crippen MR) is 73.1 cm³/mol. The van der Waals surface area contributed by atoms with Gasteiger partial charge in [0.05, 0.1) is 28.4 Å². The number of nitrogens with one attached hydrogen (secondary N) is 1. The lowest BCUT2D eigenvalue weighted by Gasteiger charge is -2.28. The van der Waals surface area contributed by atoms with Crippen molar-refractivity contribution in [3.63, 3.8) is 0 Å². The van der Waals surface area contributed by atoms with Crippen molar-refractivity contribution < 1.29 is 8.95 Å². The lowest BCUT2D eigenvalue weighted by Crippen LogP contribution is -2.37. The van der Waals surface area contributed by atoms with E-state index in [0.717, 1.165) is 17.7 Å². The molecule has 0 amide bonds. The van der Waals surface area contributed by atoms with E-state index in [0.29, 0.717) is 11.8 Å². The zero-order valence-electron chi connectivity index (χ0n) is 10.7. The highest BCUT2D eigenvalue weighted by atomic mass is 35.5. The van der Waals surface area contributed by atoms with Gasteiger partial charge >= 0.3 is 0 Å². The van der Waals surface area contributed by atoms with E-state index in [-0.39, 0.29) is 10.8 Å². The highest BCUT2D eigenvalue weighted by Gasteiger charge is 2.27. The SMILES string of the molecule is CC(C)(C)S(=O)NC1CCOc2cc(Cl)ncc21. The zero-order valence-corrected chi connectivity index (χ0v) is 12.3. The molecule has 0 saturated heterocycles. The van der Waals surface area contributed by atoms with Crippen molar-refractivity contribution in [1.82, 2.24) is 9.71 Å². The number of nitrogens with zero attached hydrogens (tertiary/aromatic N) is 1. The summed E-state index contributed by atoms with van der Waals surface area (Å²) in [5, 5.41) is 0.409. The van der Waals surface area contributed by atoms with Crippen molar-refractivity contribution in [2.75, 3.05) is 6.61 Å². The summed E-state index contributed by atoms with van der Waals surface area (Å²) in [6, 6.07) is 1.70. The van der Waals surface area contributed by atoms with Crippen molar-refractivity contribution >= 4 is 22.6 Å². The summed E-state index contributed by atoms with van der Waals surface area (Å²) in [5.41, 5.74) is 0.920. The normalized spacial score (nSPS) is 21.0. The van der Waals surface area contributed by atoms with Crippen LogP contribution in [0.5, 0.6) is 5.75 Å². The highest BCUT2D eigenvalue weighted by molar-refractivity contribution is 7.84. The molecule has 1 aromatic heterocycles. The van der Waals surface area contributed by atoms with Gasteiger partial charge in [-0.25, -0.2) is 13.9 Å². The third-order valence-electron chi connectivity index (χ3n) is 2.71. The van der Waals surface area contributed by atoms with Gasteiger partial charge in [-0.05, 0) is 20.8 Å². The molecule has 0 saturated carbocycles. The Morgan fingerprint density at radius 3 is 2.94 bits per heavy atom. The third-order valence-corrected chi connectivity index (χ3v) is 4.52. The molecule has 0 spiro atoms. The first kappa shape index (κ1) is 13.8. The van der Waals surface area contributed by atoms with Gasteiger partial charge in [0.15, 0.2) is 0 Å². The van der Waals surface area contributed by atoms with Crippen molar-refractivity contribution in [3.8, 4) is 5.75 Å². The Hall–Kier alpha value is -0.650. The van der Waals surface area contributed by atoms with Gasteiger partial charge in [0.1, 0.15) is 10.9 Å². The Morgan fingerprint density at radius 2 is 2.28 bits per heavy atom. The quantitative estimate of drug-likeness (QED) is 0.851. The van der Waals surface area contributed by atoms with Gasteiger partial charge in [0.25, 0.3) is 0 Å². The van der Waals surface area contributed by atoms with E-state index in [2.05, 4.69) is 9.71 Å². The number of halogens is 1. The first-order chi connectivity index (χ1) is 8.38. The molecule has 1 aliphatic rings. The van der Waals surface area contributed by atoms with Crippen LogP contribution in [-0.4, -0.2) is 20.5 Å². The molecule has 2 unspecified atom stereocenters. The number of aromatic nitrogens is 1. The molecule has 0 aromatic carbocycles. The number of hydrogen-bond donors (Lipinski definition) is 1. The van der Waals surface area contributed by atoms with Gasteiger partial charge in [0.2, 0.25) is 0 Å². The third kappa shape index (κ3) is 3.02. The van der Waals surface area contributed by atoms with Gasteiger partial charge in [-0.2, -0.15) is 0 Å². The summed E-state index contributed by atoms with van der Waals surface area (Å²) >= 11 is 5.83. The number of ether oxygens (including phenoxy) is 1. The Morgan fingerprint density at radius 1 is 1.56 bits per heavy atom. The number of hydrogen-bond acceptors (Lipinski definition) is 3. The number of pyridine rings is 1. The molecule has 2 rings (SSSR count). The van der Waals surface area contributed by atoms with Gasteiger partial charge in [-0.15, -0.1) is 0 Å². The van der Waals surface area contributed by atoms with Crippen LogP contribution >= 0.6 is 11.6 Å². The summed E-state index contributed by atoms with van der Waals surface area (Å²) in [7, 11) is -1.11. The fraction of sp³-hybridized carbons (Fsp3) is 0.583. The molecular weight excluding hydrogens is 272 g/mol. The van der Waals surface area contributed by atoms with E-state index in [1.807, 2.05) is 20.8 Å². The number of rotatable bonds is 2. The van der Waals surface area contributed by atoms with Crippen LogP contribution in [0.2, 0.25) is 5.15 Å². The molecule has 0 bridgehead atoms. The minimum Gasteiger partial charge on any atom is -0.493 e. The van der Waals surface area contributed by atoms with Crippen LogP contribution in [0, 0.1) is 0 Å². The molecule has 1 aromatic rings. The minimum absolute atomic E-state index is 0.00132. The molecule has 2 heterocycles. The van der Waals surface area contributed by atoms with Crippen LogP contribution in [0.4, 0.5) is 0 Å². The fourth-order valence-corrected chi connectivity index (χ4v) is 2.69. The fourth-order valence-electron chi connectivity index (χ4n) is 1.68. The Bertz CT molecular complexity index is 474. The van der Waals surface area contributed by atoms with Crippen LogP contribution in [0.3, 0.4) is 0 Å². The van der Waals surface area contributed by atoms with Crippen LogP contribution in [0.15, 0.2) is 12.3 Å². The second-order valence-corrected chi connectivity index (χ2v) is 7.62. The first-order valence-corrected chi connectivity index (χ1v) is 7.37. The Kier molecular flexibility index (Phi) is 3.94. The van der Waals surface area contributed by atoms with Crippen LogP contribution in [0.25, 0.3) is 0 Å². The maximum Gasteiger partial charge on any atom is 0.132 e. The molecule has 0 fully saturated rings. The molecule has 6 heteroatoms. The number of fused-ring (bicyclic) bond motifs is 1. The monoisotopic (exact) mass is 288 g/mol. The van der Waals surface area contributed by atoms with Gasteiger partial charge in [-0.3, -0.25) is 0 Å². The standard InChI is InChI=1S/C12H17ClN2O2S/c1-12(2,3)18(16)15-9-4-5-17-10-6-11(13)14-7-8(9)10/h6-7,9,15H,4-5H2,1-3H3. The second-order valence-electron chi connectivity index (χ2n) is 5.23. The molecular formula is C12H17ClN2O2S. The largest absolute Gasteiger partial charge is 0.493 e. The van der Waals surface area contributed by atoms with Crippen molar-refractivity contribution in [1.29, 1.82) is 0 Å². The van der Waals surface area contributed by atoms with E-state index in [1.54, 1.807) is 12.3 Å². The van der Waals surface area contributed by atoms with Crippen molar-refractivity contribution in [2.24, 2.45) is 0 Å². The first-order valence-electron chi connectivity index (χ1n) is 5.84. The van der Waals surface area contributed by atoms with Crippen molar-refractivity contribution in [2.45, 2.75) is 38.0 Å². The molecule has 18 heavy (non-hydrogen) atoms. The maximum absolute atomic E-state index is 12.1. The summed E-state index contributed by atoms with van der Waals surface area (Å²) < 4.78 is 20.5. The van der Waals surface area contributed by atoms with E-state index in [9.17, 15) is 4.21 Å². The lowest BCUT2D eigenvalue weighted by molar-refractivity contribution is 0.263. The Labute approximate surface area is 115 Å². The summed E-state index contributed by atoms with van der Waals surface area (Å²) in [6.45, 7) is 6.41. The average molecular weight is 289 g/mol. The lowest BCUT2D eigenvalue weighted by atomic mass is 10.0. The predicted octanol–water partition coefficient (Wildman–Crippen LogP) is 2.61. The Balaban J connectivity index is 2.21. The topological polar surface area (TPSA) is 51.2 Å². The molecule has 2 atom stereocenters. The second kappa shape index (κ2) is 5.15. The van der Waals surface area contributed by atoms with Crippen molar-refractivity contribution in [3.05, 3.63) is 23.0 Å². The maximum atomic E-state index is 12.1. The van der Waals surface area contributed by atoms with E-state index >= 15 is 0 Å². The zero-order chi connectivity index (χ0) is 13.3. The van der Waals surface area contributed by atoms with E-state index in [1.165, 1.54) is 0 Å². The highest BCUT2D eigenvalue weighted by Crippen LogP contribution is 2.33.